The third-order valence-electron chi connectivity index (χ3n) is 7.06. The lowest BCUT2D eigenvalue weighted by molar-refractivity contribution is -0.141. The molecule has 2 N–H and O–H groups in total. The van der Waals surface area contributed by atoms with Crippen LogP contribution in [0.15, 0.2) is 48.8 Å². The van der Waals surface area contributed by atoms with E-state index in [2.05, 4.69) is 20.0 Å². The number of benzene rings is 1. The van der Waals surface area contributed by atoms with E-state index >= 15 is 0 Å². The van der Waals surface area contributed by atoms with Gasteiger partial charge in [0.05, 0.1) is 27.0 Å². The smallest absolute Gasteiger partial charge is 0.324 e. The van der Waals surface area contributed by atoms with Crippen molar-refractivity contribution in [2.24, 2.45) is 11.8 Å². The molecule has 38 heavy (non-hydrogen) atoms. The zero-order valence-corrected chi connectivity index (χ0v) is 22.7. The first-order valence-electron chi connectivity index (χ1n) is 12.8. The molecule has 0 amide bonds. The van der Waals surface area contributed by atoms with Crippen molar-refractivity contribution in [3.8, 4) is 11.1 Å². The number of anilines is 2. The molecule has 1 aromatic carbocycles. The number of aryl methyl sites for hydroxylation is 1. The molecule has 0 saturated heterocycles. The highest BCUT2D eigenvalue weighted by molar-refractivity contribution is 7.84. The van der Waals surface area contributed by atoms with Gasteiger partial charge in [0.1, 0.15) is 5.69 Å². The van der Waals surface area contributed by atoms with Gasteiger partial charge < -0.3 is 5.32 Å². The monoisotopic (exact) mass is 543 g/mol. The predicted octanol–water partition coefficient (Wildman–Crippen LogP) is 6.68. The number of aromatic nitrogens is 3. The minimum Gasteiger partial charge on any atom is -0.324 e. The molecule has 1 atom stereocenters. The first-order valence-corrected chi connectivity index (χ1v) is 14.0. The van der Waals surface area contributed by atoms with Gasteiger partial charge >= 0.3 is 6.18 Å². The van der Waals surface area contributed by atoms with E-state index in [1.807, 2.05) is 64.2 Å². The molecule has 202 valence electrons. The van der Waals surface area contributed by atoms with E-state index in [9.17, 15) is 17.4 Å². The van der Waals surface area contributed by atoms with E-state index in [0.29, 0.717) is 17.5 Å². The van der Waals surface area contributed by atoms with E-state index in [1.54, 1.807) is 0 Å². The Morgan fingerprint density at radius 3 is 2.13 bits per heavy atom. The lowest BCUT2D eigenvalue weighted by atomic mass is 9.84. The van der Waals surface area contributed by atoms with Gasteiger partial charge in [-0.15, -0.1) is 0 Å². The Bertz CT molecular complexity index is 1330. The van der Waals surface area contributed by atoms with Crippen molar-refractivity contribution in [2.75, 3.05) is 5.32 Å². The molecule has 5 rings (SSSR count). The van der Waals surface area contributed by atoms with Gasteiger partial charge in [0.25, 0.3) is 0 Å². The molecular formula is C28H32F3N5OS. The Morgan fingerprint density at radius 1 is 0.895 bits per heavy atom. The standard InChI is InChI=1S/C28H32F3N5OS/c1-17-13-19(15-22(14-17)34-25-32-12-11-24(35-25)28(29,30)31)18-5-10-23(33-16-18)27(20-6-7-20,21-8-9-21)36-38(37)26(2,3)4/h5,10-16,20-21,36H,6-9H2,1-4H3,(H,32,34,35)/t38-/m1/s1. The Labute approximate surface area is 223 Å². The lowest BCUT2D eigenvalue weighted by Crippen LogP contribution is -2.51. The van der Waals surface area contributed by atoms with Gasteiger partial charge in [-0.2, -0.15) is 13.2 Å². The molecule has 2 aliphatic rings. The van der Waals surface area contributed by atoms with E-state index in [4.69, 9.17) is 4.98 Å². The molecule has 2 aliphatic carbocycles. The van der Waals surface area contributed by atoms with Crippen molar-refractivity contribution in [3.05, 3.63) is 65.7 Å². The summed E-state index contributed by atoms with van der Waals surface area (Å²) in [5.74, 6) is 0.713. The largest absolute Gasteiger partial charge is 0.433 e. The summed E-state index contributed by atoms with van der Waals surface area (Å²) in [6, 6.07) is 10.6. The van der Waals surface area contributed by atoms with Crippen LogP contribution in [0.25, 0.3) is 11.1 Å². The predicted molar refractivity (Wildman–Crippen MR) is 143 cm³/mol. The van der Waals surface area contributed by atoms with E-state index < -0.39 is 28.4 Å². The van der Waals surface area contributed by atoms with Crippen LogP contribution in [-0.4, -0.2) is 23.9 Å². The molecule has 10 heteroatoms. The lowest BCUT2D eigenvalue weighted by Gasteiger charge is -2.37. The maximum Gasteiger partial charge on any atom is 0.433 e. The van der Waals surface area contributed by atoms with Gasteiger partial charge in [0.2, 0.25) is 5.95 Å². The summed E-state index contributed by atoms with van der Waals surface area (Å²) >= 11 is 0. The minimum absolute atomic E-state index is 0.124. The minimum atomic E-state index is -4.55. The van der Waals surface area contributed by atoms with Crippen LogP contribution in [0.3, 0.4) is 0 Å². The fourth-order valence-electron chi connectivity index (χ4n) is 4.89. The number of hydrogen-bond acceptors (Lipinski definition) is 5. The first-order chi connectivity index (χ1) is 17.9. The summed E-state index contributed by atoms with van der Waals surface area (Å²) in [6.07, 6.45) is 2.75. The highest BCUT2D eigenvalue weighted by Crippen LogP contribution is 2.57. The number of nitrogens with one attached hydrogen (secondary N) is 2. The van der Waals surface area contributed by atoms with Crippen LogP contribution in [0.1, 0.15) is 63.4 Å². The summed E-state index contributed by atoms with van der Waals surface area (Å²) in [7, 11) is -1.22. The van der Waals surface area contributed by atoms with Gasteiger partial charge in [-0.3, -0.25) is 4.98 Å². The van der Waals surface area contributed by atoms with Gasteiger partial charge in [-0.05, 0) is 101 Å². The van der Waals surface area contributed by atoms with Crippen LogP contribution < -0.4 is 10.0 Å². The summed E-state index contributed by atoms with van der Waals surface area (Å²) in [5, 5.41) is 2.90. The van der Waals surface area contributed by atoms with Gasteiger partial charge in [-0.25, -0.2) is 18.9 Å². The number of alkyl halides is 3. The fraction of sp³-hybridized carbons (Fsp3) is 0.464. The van der Waals surface area contributed by atoms with E-state index in [-0.39, 0.29) is 10.7 Å². The number of pyridine rings is 1. The zero-order valence-electron chi connectivity index (χ0n) is 21.9. The number of halogens is 3. The third-order valence-corrected chi connectivity index (χ3v) is 8.70. The highest BCUT2D eigenvalue weighted by atomic mass is 32.2. The Kier molecular flexibility index (Phi) is 6.84. The molecule has 0 unspecified atom stereocenters. The molecule has 3 aromatic rings. The zero-order chi connectivity index (χ0) is 27.3. The summed E-state index contributed by atoms with van der Waals surface area (Å²) in [6.45, 7) is 7.85. The topological polar surface area (TPSA) is 79.8 Å². The maximum atomic E-state index is 13.2. The average Bonchev–Trinajstić information content (AvgIpc) is 3.75. The Hall–Kier alpha value is -2.85. The molecule has 2 saturated carbocycles. The van der Waals surface area contributed by atoms with Gasteiger partial charge in [0, 0.05) is 23.6 Å². The van der Waals surface area contributed by atoms with Crippen molar-refractivity contribution >= 4 is 22.6 Å². The quantitative estimate of drug-likeness (QED) is 0.331. The van der Waals surface area contributed by atoms with E-state index in [1.165, 1.54) is 0 Å². The van der Waals surface area contributed by atoms with Crippen molar-refractivity contribution in [1.29, 1.82) is 0 Å². The molecular weight excluding hydrogens is 511 g/mol. The summed E-state index contributed by atoms with van der Waals surface area (Å²) in [5.41, 5.74) is 2.78. The van der Waals surface area contributed by atoms with Crippen LogP contribution in [0.4, 0.5) is 24.8 Å². The van der Waals surface area contributed by atoms with Crippen molar-refractivity contribution in [1.82, 2.24) is 19.7 Å². The summed E-state index contributed by atoms with van der Waals surface area (Å²) < 4.78 is 55.5. The first kappa shape index (κ1) is 26.7. The second-order valence-corrected chi connectivity index (χ2v) is 13.3. The molecule has 2 aromatic heterocycles. The van der Waals surface area contributed by atoms with Crippen molar-refractivity contribution in [3.63, 3.8) is 0 Å². The maximum absolute atomic E-state index is 13.2. The molecule has 6 nitrogen and oxygen atoms in total. The molecule has 0 bridgehead atoms. The third kappa shape index (κ3) is 5.61. The van der Waals surface area contributed by atoms with Gasteiger partial charge in [0.15, 0.2) is 0 Å². The molecule has 2 heterocycles. The van der Waals surface area contributed by atoms with E-state index in [0.717, 1.165) is 60.3 Å². The normalized spacial score (nSPS) is 17.3. The second-order valence-electron chi connectivity index (χ2n) is 11.3. The van der Waals surface area contributed by atoms with Crippen LogP contribution in [-0.2, 0) is 22.7 Å². The van der Waals surface area contributed by atoms with Crippen molar-refractivity contribution in [2.45, 2.75) is 69.8 Å². The molecule has 2 fully saturated rings. The molecule has 0 aliphatic heterocycles. The second kappa shape index (κ2) is 9.72. The number of rotatable bonds is 8. The number of hydrogen-bond donors (Lipinski definition) is 2. The molecule has 0 radical (unpaired) electrons. The van der Waals surface area contributed by atoms with Crippen LogP contribution in [0, 0.1) is 18.8 Å². The van der Waals surface area contributed by atoms with Gasteiger partial charge in [-0.1, -0.05) is 12.1 Å². The Morgan fingerprint density at radius 2 is 1.58 bits per heavy atom. The number of nitrogens with zero attached hydrogens (tertiary/aromatic N) is 3. The SMILES string of the molecule is Cc1cc(Nc2nccc(C(F)(F)F)n2)cc(-c2ccc(C(N[S@](=O)C(C)(C)C)(C3CC3)C3CC3)nc2)c1. The fourth-order valence-corrected chi connectivity index (χ4v) is 5.94. The summed E-state index contributed by atoms with van der Waals surface area (Å²) in [4.78, 5) is 12.4. The Balaban J connectivity index is 1.43. The highest BCUT2D eigenvalue weighted by Gasteiger charge is 2.57. The average molecular weight is 544 g/mol. The van der Waals surface area contributed by atoms with Crippen LogP contribution in [0.2, 0.25) is 0 Å². The van der Waals surface area contributed by atoms with Crippen LogP contribution >= 0.6 is 0 Å². The van der Waals surface area contributed by atoms with Crippen LogP contribution in [0.5, 0.6) is 0 Å². The van der Waals surface area contributed by atoms with Crippen molar-refractivity contribution < 1.29 is 17.4 Å². The molecule has 0 spiro atoms.